The van der Waals surface area contributed by atoms with E-state index in [4.69, 9.17) is 23.2 Å². The van der Waals surface area contributed by atoms with Gasteiger partial charge in [-0.25, -0.2) is 8.42 Å². The first-order chi connectivity index (χ1) is 10.8. The van der Waals surface area contributed by atoms with E-state index >= 15 is 0 Å². The smallest absolute Gasteiger partial charge is 0.255 e. The molecule has 1 amide bonds. The monoisotopic (exact) mass is 372 g/mol. The van der Waals surface area contributed by atoms with Gasteiger partial charge in [-0.05, 0) is 49.4 Å². The van der Waals surface area contributed by atoms with Gasteiger partial charge in [0.1, 0.15) is 0 Å². The number of sulfonamides is 1. The van der Waals surface area contributed by atoms with Crippen molar-refractivity contribution in [2.24, 2.45) is 0 Å². The summed E-state index contributed by atoms with van der Waals surface area (Å²) < 4.78 is 25.4. The number of halogens is 2. The minimum atomic E-state index is -3.34. The van der Waals surface area contributed by atoms with Crippen LogP contribution in [-0.2, 0) is 10.0 Å². The molecule has 5 nitrogen and oxygen atoms in total. The molecule has 2 rings (SSSR count). The Balaban J connectivity index is 2.11. The molecule has 0 atom stereocenters. The van der Waals surface area contributed by atoms with Crippen molar-refractivity contribution in [2.45, 2.75) is 6.92 Å². The van der Waals surface area contributed by atoms with E-state index in [-0.39, 0.29) is 11.7 Å². The van der Waals surface area contributed by atoms with E-state index in [1.54, 1.807) is 19.1 Å². The number of carbonyl (C=O) groups excluding carboxylic acids is 1. The van der Waals surface area contributed by atoms with Crippen LogP contribution in [0.15, 0.2) is 42.5 Å². The second-order valence-electron chi connectivity index (χ2n) is 4.66. The molecule has 0 heterocycles. The third kappa shape index (κ3) is 4.86. The molecular weight excluding hydrogens is 359 g/mol. The summed E-state index contributed by atoms with van der Waals surface area (Å²) in [6, 6.07) is 10.8. The highest BCUT2D eigenvalue weighted by molar-refractivity contribution is 7.92. The molecule has 2 aromatic rings. The van der Waals surface area contributed by atoms with Crippen molar-refractivity contribution in [1.29, 1.82) is 0 Å². The first-order valence-corrected chi connectivity index (χ1v) is 9.08. The van der Waals surface area contributed by atoms with E-state index in [0.29, 0.717) is 27.0 Å². The minimum Gasteiger partial charge on any atom is -0.321 e. The molecule has 0 aliphatic heterocycles. The average Bonchev–Trinajstić information content (AvgIpc) is 2.50. The molecule has 0 aromatic heterocycles. The lowest BCUT2D eigenvalue weighted by Crippen LogP contribution is -2.15. The van der Waals surface area contributed by atoms with Crippen LogP contribution >= 0.6 is 23.2 Å². The van der Waals surface area contributed by atoms with Crippen LogP contribution in [0.4, 0.5) is 11.4 Å². The first-order valence-electron chi connectivity index (χ1n) is 6.67. The fourth-order valence-corrected chi connectivity index (χ4v) is 2.82. The van der Waals surface area contributed by atoms with Gasteiger partial charge in [-0.15, -0.1) is 0 Å². The normalized spacial score (nSPS) is 11.1. The van der Waals surface area contributed by atoms with Crippen LogP contribution in [0, 0.1) is 0 Å². The van der Waals surface area contributed by atoms with Gasteiger partial charge in [0.2, 0.25) is 10.0 Å². The van der Waals surface area contributed by atoms with Crippen LogP contribution in [0.1, 0.15) is 17.3 Å². The molecule has 0 radical (unpaired) electrons. The van der Waals surface area contributed by atoms with E-state index in [9.17, 15) is 13.2 Å². The molecule has 0 fully saturated rings. The summed E-state index contributed by atoms with van der Waals surface area (Å²) in [6.45, 7) is 1.54. The second-order valence-corrected chi connectivity index (χ2v) is 7.52. The molecule has 23 heavy (non-hydrogen) atoms. The number of anilines is 2. The van der Waals surface area contributed by atoms with Gasteiger partial charge < -0.3 is 5.32 Å². The molecule has 0 unspecified atom stereocenters. The maximum Gasteiger partial charge on any atom is 0.255 e. The molecular formula is C15H14Cl2N2O3S. The number of amides is 1. The van der Waals surface area contributed by atoms with Crippen LogP contribution < -0.4 is 10.0 Å². The van der Waals surface area contributed by atoms with Crippen LogP contribution in [0.3, 0.4) is 0 Å². The molecule has 0 saturated carbocycles. The highest BCUT2D eigenvalue weighted by Gasteiger charge is 2.10. The number of nitrogens with one attached hydrogen (secondary N) is 2. The Hall–Kier alpha value is -1.76. The summed E-state index contributed by atoms with van der Waals surface area (Å²) in [6.07, 6.45) is 0. The Bertz CT molecular complexity index is 821. The summed E-state index contributed by atoms with van der Waals surface area (Å²) in [5.74, 6) is -0.385. The van der Waals surface area contributed by atoms with Gasteiger partial charge in [-0.1, -0.05) is 23.2 Å². The molecule has 0 bridgehead atoms. The maximum absolute atomic E-state index is 12.2. The predicted molar refractivity (Wildman–Crippen MR) is 93.9 cm³/mol. The van der Waals surface area contributed by atoms with Crippen LogP contribution in [0.5, 0.6) is 0 Å². The van der Waals surface area contributed by atoms with Gasteiger partial charge in [0.25, 0.3) is 5.91 Å². The molecule has 122 valence electrons. The summed E-state index contributed by atoms with van der Waals surface area (Å²) in [5.41, 5.74) is 1.21. The zero-order valence-electron chi connectivity index (χ0n) is 12.1. The van der Waals surface area contributed by atoms with E-state index < -0.39 is 10.0 Å². The van der Waals surface area contributed by atoms with Crippen molar-refractivity contribution in [2.75, 3.05) is 15.8 Å². The Morgan fingerprint density at radius 1 is 1.09 bits per heavy atom. The van der Waals surface area contributed by atoms with Crippen LogP contribution in [0.2, 0.25) is 10.0 Å². The Kier molecular flexibility index (Phi) is 5.51. The van der Waals surface area contributed by atoms with E-state index in [1.165, 1.54) is 30.3 Å². The first kappa shape index (κ1) is 17.6. The van der Waals surface area contributed by atoms with Crippen molar-refractivity contribution in [3.05, 3.63) is 58.1 Å². The fraction of sp³-hybridized carbons (Fsp3) is 0.133. The van der Waals surface area contributed by atoms with E-state index in [2.05, 4.69) is 10.0 Å². The van der Waals surface area contributed by atoms with Crippen LogP contribution in [0.25, 0.3) is 0 Å². The number of rotatable bonds is 5. The molecule has 8 heteroatoms. The average molecular weight is 373 g/mol. The van der Waals surface area contributed by atoms with Gasteiger partial charge in [-0.2, -0.15) is 0 Å². The van der Waals surface area contributed by atoms with Gasteiger partial charge in [0.15, 0.2) is 0 Å². The fourth-order valence-electron chi connectivity index (χ4n) is 1.73. The van der Waals surface area contributed by atoms with Crippen molar-refractivity contribution < 1.29 is 13.2 Å². The van der Waals surface area contributed by atoms with Crippen molar-refractivity contribution in [1.82, 2.24) is 0 Å². The van der Waals surface area contributed by atoms with Gasteiger partial charge >= 0.3 is 0 Å². The van der Waals surface area contributed by atoms with Crippen molar-refractivity contribution in [3.8, 4) is 0 Å². The number of hydrogen-bond acceptors (Lipinski definition) is 3. The highest BCUT2D eigenvalue weighted by Crippen LogP contribution is 2.26. The molecule has 2 aromatic carbocycles. The Morgan fingerprint density at radius 2 is 1.74 bits per heavy atom. The third-order valence-electron chi connectivity index (χ3n) is 2.98. The Morgan fingerprint density at radius 3 is 2.30 bits per heavy atom. The number of hydrogen-bond donors (Lipinski definition) is 2. The lowest BCUT2D eigenvalue weighted by atomic mass is 10.2. The SMILES string of the molecule is CCS(=O)(=O)Nc1ccc(C(=O)Nc2ccc(Cl)cc2Cl)cc1. The van der Waals surface area contributed by atoms with E-state index in [0.717, 1.165) is 0 Å². The summed E-state index contributed by atoms with van der Waals surface area (Å²) in [7, 11) is -3.34. The zero-order valence-corrected chi connectivity index (χ0v) is 14.5. The summed E-state index contributed by atoms with van der Waals surface area (Å²) in [4.78, 5) is 12.2. The lowest BCUT2D eigenvalue weighted by Gasteiger charge is -2.09. The third-order valence-corrected chi connectivity index (χ3v) is 4.83. The predicted octanol–water partition coefficient (Wildman–Crippen LogP) is 4.01. The van der Waals surface area contributed by atoms with Gasteiger partial charge in [-0.3, -0.25) is 9.52 Å². The summed E-state index contributed by atoms with van der Waals surface area (Å²) >= 11 is 11.8. The van der Waals surface area contributed by atoms with Gasteiger partial charge in [0.05, 0.1) is 16.5 Å². The molecule has 2 N–H and O–H groups in total. The standard InChI is InChI=1S/C15H14Cl2N2O3S/c1-2-23(21,22)19-12-6-3-10(4-7-12)15(20)18-14-8-5-11(16)9-13(14)17/h3-9,19H,2H2,1H3,(H,18,20). The molecule has 0 spiro atoms. The zero-order chi connectivity index (χ0) is 17.0. The topological polar surface area (TPSA) is 75.3 Å². The van der Waals surface area contributed by atoms with Crippen LogP contribution in [-0.4, -0.2) is 20.1 Å². The maximum atomic E-state index is 12.2. The van der Waals surface area contributed by atoms with E-state index in [1.807, 2.05) is 0 Å². The number of carbonyl (C=O) groups is 1. The largest absolute Gasteiger partial charge is 0.321 e. The lowest BCUT2D eigenvalue weighted by molar-refractivity contribution is 0.102. The summed E-state index contributed by atoms with van der Waals surface area (Å²) in [5, 5.41) is 3.47. The molecule has 0 aliphatic rings. The molecule has 0 aliphatic carbocycles. The molecule has 0 saturated heterocycles. The number of benzene rings is 2. The van der Waals surface area contributed by atoms with Crippen molar-refractivity contribution >= 4 is 50.5 Å². The quantitative estimate of drug-likeness (QED) is 0.832. The minimum absolute atomic E-state index is 0.0235. The second kappa shape index (κ2) is 7.21. The Labute approximate surface area is 144 Å². The van der Waals surface area contributed by atoms with Gasteiger partial charge in [0, 0.05) is 16.3 Å². The van der Waals surface area contributed by atoms with Crippen molar-refractivity contribution in [3.63, 3.8) is 0 Å². The highest BCUT2D eigenvalue weighted by atomic mass is 35.5.